The second-order valence-corrected chi connectivity index (χ2v) is 7.40. The summed E-state index contributed by atoms with van der Waals surface area (Å²) in [6.45, 7) is 6.87. The van der Waals surface area contributed by atoms with E-state index in [0.29, 0.717) is 12.1 Å². The Hall–Kier alpha value is -1.64. The summed E-state index contributed by atoms with van der Waals surface area (Å²) < 4.78 is 0. The Morgan fingerprint density at radius 2 is 1.55 bits per heavy atom. The van der Waals surface area contributed by atoms with Gasteiger partial charge in [-0.15, -0.1) is 0 Å². The highest BCUT2D eigenvalue weighted by molar-refractivity contribution is 5.37. The number of benzene rings is 2. The Balaban J connectivity index is 1.90. The molecule has 3 unspecified atom stereocenters. The molecule has 2 aromatic rings. The largest absolute Gasteiger partial charge is 0.324 e. The van der Waals surface area contributed by atoms with Crippen LogP contribution in [0.3, 0.4) is 0 Å². The van der Waals surface area contributed by atoms with Crippen molar-refractivity contribution in [3.8, 4) is 0 Å². The summed E-state index contributed by atoms with van der Waals surface area (Å²) >= 11 is 0. The van der Waals surface area contributed by atoms with E-state index in [1.165, 1.54) is 16.7 Å². The van der Waals surface area contributed by atoms with E-state index in [1.807, 2.05) is 0 Å². The van der Waals surface area contributed by atoms with Gasteiger partial charge in [0.25, 0.3) is 0 Å². The highest BCUT2D eigenvalue weighted by Crippen LogP contribution is 2.41. The van der Waals surface area contributed by atoms with E-state index in [2.05, 4.69) is 80.7 Å². The van der Waals surface area contributed by atoms with E-state index in [-0.39, 0.29) is 11.5 Å². The lowest BCUT2D eigenvalue weighted by molar-refractivity contribution is 0.246. The first-order valence-electron chi connectivity index (χ1n) is 8.12. The van der Waals surface area contributed by atoms with Crippen molar-refractivity contribution in [1.29, 1.82) is 0 Å². The molecule has 0 amide bonds. The molecule has 3 N–H and O–H groups in total. The molecule has 0 spiro atoms. The maximum Gasteiger partial charge on any atom is 0.0374 e. The maximum atomic E-state index is 6.32. The zero-order valence-electron chi connectivity index (χ0n) is 13.7. The van der Waals surface area contributed by atoms with Gasteiger partial charge in [-0.2, -0.15) is 0 Å². The molecule has 3 rings (SSSR count). The molecule has 0 fully saturated rings. The Morgan fingerprint density at radius 3 is 2.18 bits per heavy atom. The molecule has 2 aromatic carbocycles. The van der Waals surface area contributed by atoms with Crippen LogP contribution in [0, 0.1) is 5.41 Å². The third-order valence-electron chi connectivity index (χ3n) is 4.63. The molecule has 0 saturated heterocycles. The van der Waals surface area contributed by atoms with Crippen molar-refractivity contribution >= 4 is 0 Å². The summed E-state index contributed by atoms with van der Waals surface area (Å²) in [4.78, 5) is 0. The molecular formula is C20H26N2. The summed E-state index contributed by atoms with van der Waals surface area (Å²) in [6.07, 6.45) is 0.971. The first-order valence-corrected chi connectivity index (χ1v) is 8.12. The lowest BCUT2D eigenvalue weighted by atomic mass is 9.81. The average molecular weight is 294 g/mol. The standard InChI is InChI=1S/C20H26N2/c1-20(2,3)19(14-9-5-4-6-10-14)22-18-13-17(21)15-11-7-8-12-16(15)18/h4-12,17-19,22H,13,21H2,1-3H3. The minimum Gasteiger partial charge on any atom is -0.324 e. The van der Waals surface area contributed by atoms with Crippen molar-refractivity contribution in [2.75, 3.05) is 0 Å². The number of hydrogen-bond donors (Lipinski definition) is 2. The average Bonchev–Trinajstić information content (AvgIpc) is 2.81. The van der Waals surface area contributed by atoms with Crippen molar-refractivity contribution < 1.29 is 0 Å². The third-order valence-corrected chi connectivity index (χ3v) is 4.63. The number of nitrogens with one attached hydrogen (secondary N) is 1. The number of hydrogen-bond acceptors (Lipinski definition) is 2. The Bertz CT molecular complexity index is 628. The maximum absolute atomic E-state index is 6.32. The summed E-state index contributed by atoms with van der Waals surface area (Å²) in [5, 5.41) is 3.88. The third kappa shape index (κ3) is 2.94. The van der Waals surface area contributed by atoms with Gasteiger partial charge in [0.1, 0.15) is 0 Å². The minimum absolute atomic E-state index is 0.142. The predicted octanol–water partition coefficient (Wildman–Crippen LogP) is 4.51. The molecule has 2 nitrogen and oxygen atoms in total. The molecule has 22 heavy (non-hydrogen) atoms. The SMILES string of the molecule is CC(C)(C)C(NC1CC(N)c2ccccc21)c1ccccc1. The zero-order valence-corrected chi connectivity index (χ0v) is 13.7. The molecule has 2 heteroatoms. The van der Waals surface area contributed by atoms with Gasteiger partial charge in [-0.3, -0.25) is 0 Å². The van der Waals surface area contributed by atoms with Crippen molar-refractivity contribution in [2.24, 2.45) is 11.1 Å². The normalized spacial score (nSPS) is 22.4. The van der Waals surface area contributed by atoms with Gasteiger partial charge < -0.3 is 11.1 Å². The van der Waals surface area contributed by atoms with Gasteiger partial charge in [0, 0.05) is 18.1 Å². The molecule has 1 aliphatic carbocycles. The molecule has 3 atom stereocenters. The second-order valence-electron chi connectivity index (χ2n) is 7.40. The van der Waals surface area contributed by atoms with E-state index in [9.17, 15) is 0 Å². The van der Waals surface area contributed by atoms with Crippen molar-refractivity contribution in [3.63, 3.8) is 0 Å². The van der Waals surface area contributed by atoms with Gasteiger partial charge in [0.15, 0.2) is 0 Å². The molecule has 0 aromatic heterocycles. The first kappa shape index (κ1) is 15.3. The topological polar surface area (TPSA) is 38.0 Å². The second kappa shape index (κ2) is 5.86. The molecule has 116 valence electrons. The van der Waals surface area contributed by atoms with Gasteiger partial charge in [0.2, 0.25) is 0 Å². The predicted molar refractivity (Wildman–Crippen MR) is 92.5 cm³/mol. The highest BCUT2D eigenvalue weighted by atomic mass is 15.0. The van der Waals surface area contributed by atoms with Crippen LogP contribution >= 0.6 is 0 Å². The van der Waals surface area contributed by atoms with Crippen LogP contribution in [0.5, 0.6) is 0 Å². The van der Waals surface area contributed by atoms with Crippen LogP contribution in [0.1, 0.15) is 62.0 Å². The van der Waals surface area contributed by atoms with E-state index >= 15 is 0 Å². The number of rotatable bonds is 3. The van der Waals surface area contributed by atoms with E-state index in [4.69, 9.17) is 5.73 Å². The molecule has 0 aliphatic heterocycles. The molecule has 1 aliphatic rings. The fraction of sp³-hybridized carbons (Fsp3) is 0.400. The van der Waals surface area contributed by atoms with Crippen LogP contribution in [-0.2, 0) is 0 Å². The fourth-order valence-electron chi connectivity index (χ4n) is 3.52. The highest BCUT2D eigenvalue weighted by Gasteiger charge is 2.33. The summed E-state index contributed by atoms with van der Waals surface area (Å²) in [6, 6.07) is 20.1. The van der Waals surface area contributed by atoms with E-state index in [0.717, 1.165) is 6.42 Å². The Morgan fingerprint density at radius 1 is 0.955 bits per heavy atom. The van der Waals surface area contributed by atoms with Crippen molar-refractivity contribution in [2.45, 2.75) is 45.3 Å². The lowest BCUT2D eigenvalue weighted by Crippen LogP contribution is -2.34. The number of fused-ring (bicyclic) bond motifs is 1. The molecular weight excluding hydrogens is 268 g/mol. The Kier molecular flexibility index (Phi) is 4.07. The molecule has 0 bridgehead atoms. The van der Waals surface area contributed by atoms with E-state index in [1.54, 1.807) is 0 Å². The summed E-state index contributed by atoms with van der Waals surface area (Å²) in [7, 11) is 0. The van der Waals surface area contributed by atoms with Crippen molar-refractivity contribution in [3.05, 3.63) is 71.3 Å². The number of nitrogens with two attached hydrogens (primary N) is 1. The monoisotopic (exact) mass is 294 g/mol. The van der Waals surface area contributed by atoms with Crippen molar-refractivity contribution in [1.82, 2.24) is 5.32 Å². The van der Waals surface area contributed by atoms with Gasteiger partial charge in [-0.1, -0.05) is 75.4 Å². The first-order chi connectivity index (χ1) is 10.5. The van der Waals surface area contributed by atoms with Gasteiger partial charge in [-0.05, 0) is 28.5 Å². The smallest absolute Gasteiger partial charge is 0.0374 e. The van der Waals surface area contributed by atoms with Crippen LogP contribution in [0.15, 0.2) is 54.6 Å². The molecule has 0 saturated carbocycles. The fourth-order valence-corrected chi connectivity index (χ4v) is 3.52. The quantitative estimate of drug-likeness (QED) is 0.874. The summed E-state index contributed by atoms with van der Waals surface area (Å²) in [5.74, 6) is 0. The zero-order chi connectivity index (χ0) is 15.7. The Labute approximate surface area is 133 Å². The lowest BCUT2D eigenvalue weighted by Gasteiger charge is -2.35. The van der Waals surface area contributed by atoms with Gasteiger partial charge in [0.05, 0.1) is 0 Å². The van der Waals surface area contributed by atoms with Gasteiger partial charge in [-0.25, -0.2) is 0 Å². The van der Waals surface area contributed by atoms with Crippen LogP contribution in [-0.4, -0.2) is 0 Å². The molecule has 0 heterocycles. The van der Waals surface area contributed by atoms with Crippen LogP contribution in [0.4, 0.5) is 0 Å². The van der Waals surface area contributed by atoms with Gasteiger partial charge >= 0.3 is 0 Å². The minimum atomic E-state index is 0.142. The van der Waals surface area contributed by atoms with Crippen LogP contribution in [0.2, 0.25) is 0 Å². The van der Waals surface area contributed by atoms with Crippen LogP contribution in [0.25, 0.3) is 0 Å². The van der Waals surface area contributed by atoms with E-state index < -0.39 is 0 Å². The summed E-state index contributed by atoms with van der Waals surface area (Å²) in [5.41, 5.74) is 10.5. The molecule has 0 radical (unpaired) electrons. The van der Waals surface area contributed by atoms with Crippen LogP contribution < -0.4 is 11.1 Å².